The normalized spacial score (nSPS) is 11.3. The monoisotopic (exact) mass is 304 g/mol. The third-order valence-corrected chi connectivity index (χ3v) is 4.28. The van der Waals surface area contributed by atoms with E-state index >= 15 is 0 Å². The van der Waals surface area contributed by atoms with Crippen LogP contribution in [-0.4, -0.2) is 33.2 Å². The molecule has 1 N–H and O–H groups in total. The van der Waals surface area contributed by atoms with E-state index < -0.39 is 10.0 Å². The molecule has 7 heteroatoms. The first-order valence-electron chi connectivity index (χ1n) is 5.87. The molecular weight excluding hydrogens is 288 g/mol. The molecule has 5 nitrogen and oxygen atoms in total. The van der Waals surface area contributed by atoms with E-state index in [4.69, 9.17) is 11.6 Å². The zero-order valence-corrected chi connectivity index (χ0v) is 12.5. The number of sulfonamides is 1. The first kappa shape index (κ1) is 15.9. The molecular formula is C12H17ClN2O3S. The SMILES string of the molecule is CCS(=O)(=O)NCCN(C(C)=O)c1ccccc1Cl. The largest absolute Gasteiger partial charge is 0.310 e. The highest BCUT2D eigenvalue weighted by Gasteiger charge is 2.15. The van der Waals surface area contributed by atoms with Crippen LogP contribution in [0, 0.1) is 0 Å². The number of carbonyl (C=O) groups excluding carboxylic acids is 1. The number of hydrogen-bond donors (Lipinski definition) is 1. The fourth-order valence-corrected chi connectivity index (χ4v) is 2.38. The second kappa shape index (κ2) is 6.88. The lowest BCUT2D eigenvalue weighted by Gasteiger charge is -2.22. The van der Waals surface area contributed by atoms with Crippen molar-refractivity contribution in [2.75, 3.05) is 23.7 Å². The highest BCUT2D eigenvalue weighted by atomic mass is 35.5. The second-order valence-electron chi connectivity index (χ2n) is 3.92. The Hall–Kier alpha value is -1.11. The van der Waals surface area contributed by atoms with E-state index in [1.54, 1.807) is 31.2 Å². The lowest BCUT2D eigenvalue weighted by molar-refractivity contribution is -0.116. The van der Waals surface area contributed by atoms with Gasteiger partial charge in [0.25, 0.3) is 0 Å². The number of halogens is 1. The minimum Gasteiger partial charge on any atom is -0.310 e. The quantitative estimate of drug-likeness (QED) is 0.868. The number of rotatable bonds is 6. The van der Waals surface area contributed by atoms with Crippen LogP contribution in [0.5, 0.6) is 0 Å². The van der Waals surface area contributed by atoms with E-state index in [0.717, 1.165) is 0 Å². The van der Waals surface area contributed by atoms with Gasteiger partial charge in [-0.05, 0) is 19.1 Å². The fourth-order valence-electron chi connectivity index (χ4n) is 1.53. The van der Waals surface area contributed by atoms with Crippen molar-refractivity contribution in [2.24, 2.45) is 0 Å². The molecule has 1 aromatic rings. The van der Waals surface area contributed by atoms with Crippen molar-refractivity contribution in [3.05, 3.63) is 29.3 Å². The minimum absolute atomic E-state index is 0.0131. The van der Waals surface area contributed by atoms with Crippen molar-refractivity contribution in [2.45, 2.75) is 13.8 Å². The highest BCUT2D eigenvalue weighted by Crippen LogP contribution is 2.24. The van der Waals surface area contributed by atoms with Gasteiger partial charge in [0.05, 0.1) is 16.5 Å². The molecule has 0 aliphatic rings. The van der Waals surface area contributed by atoms with Gasteiger partial charge in [-0.25, -0.2) is 13.1 Å². The molecule has 0 radical (unpaired) electrons. The number of amides is 1. The summed E-state index contributed by atoms with van der Waals surface area (Å²) in [5.74, 6) is -0.178. The number of carbonyl (C=O) groups is 1. The fraction of sp³-hybridized carbons (Fsp3) is 0.417. The van der Waals surface area contributed by atoms with Gasteiger partial charge in [0, 0.05) is 20.0 Å². The predicted octanol–water partition coefficient (Wildman–Crippen LogP) is 1.63. The lowest BCUT2D eigenvalue weighted by atomic mass is 10.3. The summed E-state index contributed by atoms with van der Waals surface area (Å²) in [6.07, 6.45) is 0. The Morgan fingerprint density at radius 3 is 2.53 bits per heavy atom. The molecule has 0 saturated carbocycles. The van der Waals surface area contributed by atoms with Crippen molar-refractivity contribution >= 4 is 33.2 Å². The van der Waals surface area contributed by atoms with Gasteiger partial charge < -0.3 is 4.90 Å². The topological polar surface area (TPSA) is 66.5 Å². The summed E-state index contributed by atoms with van der Waals surface area (Å²) in [4.78, 5) is 13.1. The van der Waals surface area contributed by atoms with Crippen molar-refractivity contribution in [1.29, 1.82) is 0 Å². The Kier molecular flexibility index (Phi) is 5.78. The summed E-state index contributed by atoms with van der Waals surface area (Å²) in [5, 5.41) is 0.455. The number of nitrogens with zero attached hydrogens (tertiary/aromatic N) is 1. The van der Waals surface area contributed by atoms with Crippen LogP contribution in [0.1, 0.15) is 13.8 Å². The maximum Gasteiger partial charge on any atom is 0.223 e. The van der Waals surface area contributed by atoms with Crippen LogP contribution in [0.25, 0.3) is 0 Å². The number of anilines is 1. The average Bonchev–Trinajstić information content (AvgIpc) is 2.35. The Balaban J connectivity index is 2.76. The molecule has 0 aliphatic heterocycles. The third kappa shape index (κ3) is 4.81. The summed E-state index contributed by atoms with van der Waals surface area (Å²) in [7, 11) is -3.25. The smallest absolute Gasteiger partial charge is 0.223 e. The maximum absolute atomic E-state index is 11.6. The molecule has 1 rings (SSSR count). The van der Waals surface area contributed by atoms with E-state index in [1.165, 1.54) is 11.8 Å². The number of benzene rings is 1. The molecule has 0 aliphatic carbocycles. The van der Waals surface area contributed by atoms with Gasteiger partial charge in [-0.2, -0.15) is 0 Å². The molecule has 0 unspecified atom stereocenters. The third-order valence-electron chi connectivity index (χ3n) is 2.56. The summed E-state index contributed by atoms with van der Waals surface area (Å²) >= 11 is 6.03. The Morgan fingerprint density at radius 2 is 2.00 bits per heavy atom. The summed E-state index contributed by atoms with van der Waals surface area (Å²) in [6, 6.07) is 6.94. The van der Waals surface area contributed by atoms with Crippen LogP contribution in [0.4, 0.5) is 5.69 Å². The van der Waals surface area contributed by atoms with Crippen LogP contribution in [-0.2, 0) is 14.8 Å². The number of nitrogens with one attached hydrogen (secondary N) is 1. The van der Waals surface area contributed by atoms with Crippen LogP contribution in [0.2, 0.25) is 5.02 Å². The molecule has 0 aromatic heterocycles. The van der Waals surface area contributed by atoms with Crippen molar-refractivity contribution in [3.8, 4) is 0 Å². The molecule has 0 fully saturated rings. The first-order chi connectivity index (χ1) is 8.87. The van der Waals surface area contributed by atoms with Crippen LogP contribution >= 0.6 is 11.6 Å². The highest BCUT2D eigenvalue weighted by molar-refractivity contribution is 7.89. The van der Waals surface area contributed by atoms with Gasteiger partial charge in [0.15, 0.2) is 0 Å². The second-order valence-corrected chi connectivity index (χ2v) is 6.42. The summed E-state index contributed by atoms with van der Waals surface area (Å²) in [5.41, 5.74) is 0.576. The van der Waals surface area contributed by atoms with E-state index in [0.29, 0.717) is 10.7 Å². The Labute approximate surface area is 118 Å². The number of para-hydroxylation sites is 1. The molecule has 106 valence electrons. The Morgan fingerprint density at radius 1 is 1.37 bits per heavy atom. The minimum atomic E-state index is -3.25. The Bertz CT molecular complexity index is 546. The predicted molar refractivity (Wildman–Crippen MR) is 76.9 cm³/mol. The molecule has 1 aromatic carbocycles. The molecule has 0 spiro atoms. The van der Waals surface area contributed by atoms with Crippen LogP contribution in [0.15, 0.2) is 24.3 Å². The van der Waals surface area contributed by atoms with Gasteiger partial charge in [-0.3, -0.25) is 4.79 Å². The van der Waals surface area contributed by atoms with E-state index in [9.17, 15) is 13.2 Å². The van der Waals surface area contributed by atoms with Crippen molar-refractivity contribution in [1.82, 2.24) is 4.72 Å². The molecule has 0 bridgehead atoms. The average molecular weight is 305 g/mol. The molecule has 1 amide bonds. The van der Waals surface area contributed by atoms with Crippen molar-refractivity contribution in [3.63, 3.8) is 0 Å². The van der Waals surface area contributed by atoms with Crippen molar-refractivity contribution < 1.29 is 13.2 Å². The van der Waals surface area contributed by atoms with Crippen LogP contribution in [0.3, 0.4) is 0 Å². The standard InChI is InChI=1S/C12H17ClN2O3S/c1-3-19(17,18)14-8-9-15(10(2)16)12-7-5-4-6-11(12)13/h4-7,14H,3,8-9H2,1-2H3. The lowest BCUT2D eigenvalue weighted by Crippen LogP contribution is -2.38. The van der Waals surface area contributed by atoms with Gasteiger partial charge >= 0.3 is 0 Å². The van der Waals surface area contributed by atoms with Gasteiger partial charge in [0.2, 0.25) is 15.9 Å². The van der Waals surface area contributed by atoms with Gasteiger partial charge in [0.1, 0.15) is 0 Å². The van der Waals surface area contributed by atoms with Gasteiger partial charge in [-0.15, -0.1) is 0 Å². The maximum atomic E-state index is 11.6. The van der Waals surface area contributed by atoms with E-state index in [1.807, 2.05) is 0 Å². The van der Waals surface area contributed by atoms with Gasteiger partial charge in [-0.1, -0.05) is 23.7 Å². The van der Waals surface area contributed by atoms with E-state index in [2.05, 4.69) is 4.72 Å². The zero-order valence-electron chi connectivity index (χ0n) is 10.9. The zero-order chi connectivity index (χ0) is 14.5. The molecule has 0 saturated heterocycles. The van der Waals surface area contributed by atoms with E-state index in [-0.39, 0.29) is 24.7 Å². The summed E-state index contributed by atoms with van der Waals surface area (Å²) < 4.78 is 25.0. The molecule has 0 atom stereocenters. The first-order valence-corrected chi connectivity index (χ1v) is 7.90. The number of hydrogen-bond acceptors (Lipinski definition) is 3. The molecule has 0 heterocycles. The summed E-state index contributed by atoms with van der Waals surface area (Å²) in [6.45, 7) is 3.36. The molecule has 19 heavy (non-hydrogen) atoms. The van der Waals surface area contributed by atoms with Crippen LogP contribution < -0.4 is 9.62 Å².